The summed E-state index contributed by atoms with van der Waals surface area (Å²) in [7, 11) is 0. The molecule has 0 aromatic heterocycles. The molecule has 0 fully saturated rings. The average Bonchev–Trinajstić information content (AvgIpc) is 3.00. The van der Waals surface area contributed by atoms with Crippen molar-refractivity contribution in [1.29, 1.82) is 0 Å². The third-order valence-corrected chi connectivity index (χ3v) is 5.64. The molecule has 4 rings (SSSR count). The number of aliphatic hydroxyl groups excluding tert-OH is 2. The van der Waals surface area contributed by atoms with Crippen molar-refractivity contribution in [3.8, 4) is 5.75 Å². The van der Waals surface area contributed by atoms with Crippen molar-refractivity contribution >= 4 is 50.5 Å². The van der Waals surface area contributed by atoms with Gasteiger partial charge >= 0.3 is 3.18 Å². The molecule has 0 heterocycles. The molecule has 4 aromatic carbocycles. The minimum Gasteiger partial charge on any atom is -0.508 e. The Hall–Kier alpha value is -1.90. The summed E-state index contributed by atoms with van der Waals surface area (Å²) in [6.45, 7) is 12.1. The maximum absolute atomic E-state index is 9.01. The second-order valence-corrected chi connectivity index (χ2v) is 16.4. The highest BCUT2D eigenvalue weighted by Crippen LogP contribution is 2.08. The van der Waals surface area contributed by atoms with Crippen molar-refractivity contribution in [2.75, 3.05) is 0 Å². The van der Waals surface area contributed by atoms with Crippen LogP contribution in [0.4, 0.5) is 0 Å². The predicted octanol–water partition coefficient (Wildman–Crippen LogP) is 11.2. The van der Waals surface area contributed by atoms with Crippen molar-refractivity contribution in [3.05, 3.63) is 137 Å². The van der Waals surface area contributed by atoms with Gasteiger partial charge in [-0.1, -0.05) is 128 Å². The van der Waals surface area contributed by atoms with Gasteiger partial charge in [0.25, 0.3) is 0 Å². The highest BCUT2D eigenvalue weighted by molar-refractivity contribution is 9.69. The van der Waals surface area contributed by atoms with Crippen molar-refractivity contribution in [3.63, 3.8) is 0 Å². The van der Waals surface area contributed by atoms with E-state index in [4.69, 9.17) is 16.7 Å². The molecule has 0 amide bonds. The maximum atomic E-state index is 9.01. The van der Waals surface area contributed by atoms with Crippen LogP contribution in [0.25, 0.3) is 0 Å². The molecule has 44 heavy (non-hydrogen) atoms. The van der Waals surface area contributed by atoms with E-state index in [1.165, 1.54) is 27.8 Å². The Morgan fingerprint density at radius 3 is 1.07 bits per heavy atom. The number of halogens is 3. The second kappa shape index (κ2) is 29.8. The summed E-state index contributed by atoms with van der Waals surface area (Å²) in [5.74, 6) is 0.329. The van der Waals surface area contributed by atoms with E-state index in [9.17, 15) is 0 Å². The fraction of sp³-hybridized carbons (Fsp3) is 0.351. The number of aliphatic hydroxyl groups is 2. The van der Waals surface area contributed by atoms with Crippen molar-refractivity contribution in [2.24, 2.45) is 0 Å². The number of phenols is 1. The molecular weight excluding hydrogens is 743 g/mol. The van der Waals surface area contributed by atoms with E-state index < -0.39 is 0 Å². The highest BCUT2D eigenvalue weighted by Gasteiger charge is 1.96. The zero-order valence-electron chi connectivity index (χ0n) is 28.1. The summed E-state index contributed by atoms with van der Waals surface area (Å²) in [5, 5.41) is 26.8. The molecule has 0 spiro atoms. The minimum atomic E-state index is -0.185. The van der Waals surface area contributed by atoms with Gasteiger partial charge in [0.2, 0.25) is 0 Å². The van der Waals surface area contributed by atoms with Gasteiger partial charge in [0, 0.05) is 1.37 Å². The van der Waals surface area contributed by atoms with Gasteiger partial charge in [0.05, 0.1) is 12.2 Å². The molecule has 3 N–H and O–H groups in total. The number of aromatic hydroxyl groups is 1. The third-order valence-electron chi connectivity index (χ3n) is 5.64. The Bertz CT molecular complexity index is 1030. The van der Waals surface area contributed by atoms with Crippen molar-refractivity contribution in [2.45, 2.75) is 86.3 Å². The lowest BCUT2D eigenvalue weighted by atomic mass is 10.1. The van der Waals surface area contributed by atoms with E-state index in [1.54, 1.807) is 19.1 Å². The van der Waals surface area contributed by atoms with E-state index >= 15 is 0 Å². The number of rotatable bonds is 6. The van der Waals surface area contributed by atoms with Crippen LogP contribution in [-0.2, 0) is 12.8 Å². The van der Waals surface area contributed by atoms with Crippen LogP contribution in [0.5, 0.6) is 5.75 Å². The SMILES string of the molecule is BrB(Br)Br.CC(O)CCc1ccccc1.CC(O)CCc1ccccc1.Cc1ccc(C)cc1.Cc1ccc(O)cc1.[2H]CC. The lowest BCUT2D eigenvalue weighted by Gasteiger charge is -2.02. The van der Waals surface area contributed by atoms with Crippen molar-refractivity contribution in [1.82, 2.24) is 0 Å². The molecule has 0 saturated heterocycles. The first-order valence-electron chi connectivity index (χ1n) is 15.5. The van der Waals surface area contributed by atoms with Crippen LogP contribution in [0.1, 0.15) is 69.7 Å². The molecular formula is C37H52BBr3O3. The molecule has 2 unspecified atom stereocenters. The molecule has 0 aliphatic rings. The van der Waals surface area contributed by atoms with Crippen LogP contribution in [-0.4, -0.2) is 30.7 Å². The molecule has 2 atom stereocenters. The molecule has 7 heteroatoms. The summed E-state index contributed by atoms with van der Waals surface area (Å²) >= 11 is 9.31. The summed E-state index contributed by atoms with van der Waals surface area (Å²) in [4.78, 5) is 0. The van der Waals surface area contributed by atoms with E-state index in [0.29, 0.717) is 12.6 Å². The number of phenolic OH excluding ortho intramolecular Hbond substituents is 1. The fourth-order valence-electron chi connectivity index (χ4n) is 3.22. The molecule has 242 valence electrons. The molecule has 0 aliphatic heterocycles. The van der Waals surface area contributed by atoms with Crippen molar-refractivity contribution < 1.29 is 16.7 Å². The fourth-order valence-corrected chi connectivity index (χ4v) is 3.22. The Morgan fingerprint density at radius 1 is 0.591 bits per heavy atom. The lowest BCUT2D eigenvalue weighted by molar-refractivity contribution is 0.184. The first kappa shape index (κ1) is 42.1. The Balaban J connectivity index is 0. The van der Waals surface area contributed by atoms with Gasteiger partial charge in [0.15, 0.2) is 0 Å². The quantitative estimate of drug-likeness (QED) is 0.170. The summed E-state index contributed by atoms with van der Waals surface area (Å²) < 4.78 is 6.48. The summed E-state index contributed by atoms with van der Waals surface area (Å²) in [5.41, 5.74) is 6.43. The number of benzene rings is 4. The normalized spacial score (nSPS) is 10.8. The first-order valence-corrected chi connectivity index (χ1v) is 17.5. The molecule has 4 aromatic rings. The zero-order chi connectivity index (χ0) is 34.5. The maximum Gasteiger partial charge on any atom is 0.369 e. The lowest BCUT2D eigenvalue weighted by Crippen LogP contribution is -2.00. The van der Waals surface area contributed by atoms with Crippen LogP contribution in [0.15, 0.2) is 109 Å². The molecule has 3 nitrogen and oxygen atoms in total. The Labute approximate surface area is 294 Å². The number of aryl methyl sites for hydroxylation is 5. The molecule has 0 bridgehead atoms. The van der Waals surface area contributed by atoms with Gasteiger partial charge in [-0.3, -0.25) is 0 Å². The molecule has 0 aliphatic carbocycles. The van der Waals surface area contributed by atoms with E-state index in [2.05, 4.69) is 110 Å². The Kier molecular flexibility index (Phi) is 28.5. The Morgan fingerprint density at radius 2 is 0.841 bits per heavy atom. The van der Waals surface area contributed by atoms with E-state index in [0.717, 1.165) is 25.7 Å². The third kappa shape index (κ3) is 31.5. The van der Waals surface area contributed by atoms with Gasteiger partial charge in [-0.2, -0.15) is 0 Å². The zero-order valence-corrected chi connectivity index (χ0v) is 31.9. The van der Waals surface area contributed by atoms with Crippen LogP contribution in [0, 0.1) is 20.8 Å². The summed E-state index contributed by atoms with van der Waals surface area (Å²) in [6, 6.07) is 36.0. The standard InChI is InChI=1S/2C10H14O.C8H10.C7H8O.C2H6.BBr3/c2*1-9(11)7-8-10-5-3-2-4-6-10;1-7-3-5-8(2)6-4-7;1-6-2-4-7(8)5-3-6;1-2;2-1(3)4/h2*2-6,9,11H,7-8H2,1H3;3-6H,1-2H3;2-5,8H,1H3;1-2H3;/i;;;;1D;. The van der Waals surface area contributed by atoms with Gasteiger partial charge in [-0.05, 0) is 83.6 Å². The topological polar surface area (TPSA) is 60.7 Å². The van der Waals surface area contributed by atoms with Crippen LogP contribution in [0.2, 0.25) is 0 Å². The molecule has 0 radical (unpaired) electrons. The van der Waals surface area contributed by atoms with E-state index in [1.807, 2.05) is 69.3 Å². The predicted molar refractivity (Wildman–Crippen MR) is 206 cm³/mol. The molecule has 0 saturated carbocycles. The first-order chi connectivity index (χ1) is 21.3. The second-order valence-electron chi connectivity index (χ2n) is 9.98. The van der Waals surface area contributed by atoms with Crippen LogP contribution >= 0.6 is 47.3 Å². The highest BCUT2D eigenvalue weighted by atomic mass is 79.9. The smallest absolute Gasteiger partial charge is 0.369 e. The monoisotopic (exact) mass is 793 g/mol. The number of hydrogen-bond donors (Lipinski definition) is 3. The largest absolute Gasteiger partial charge is 0.508 e. The number of hydrogen-bond acceptors (Lipinski definition) is 3. The van der Waals surface area contributed by atoms with Gasteiger partial charge < -0.3 is 15.3 Å². The van der Waals surface area contributed by atoms with Crippen LogP contribution < -0.4 is 0 Å². The van der Waals surface area contributed by atoms with Gasteiger partial charge in [0.1, 0.15) is 5.75 Å². The summed E-state index contributed by atoms with van der Waals surface area (Å²) in [6.07, 6.45) is 3.27. The van der Waals surface area contributed by atoms with E-state index in [-0.39, 0.29) is 15.4 Å². The minimum absolute atomic E-state index is 0.185. The van der Waals surface area contributed by atoms with Crippen LogP contribution in [0.3, 0.4) is 0 Å². The van der Waals surface area contributed by atoms with Gasteiger partial charge in [-0.25, -0.2) is 0 Å². The van der Waals surface area contributed by atoms with Gasteiger partial charge in [-0.15, -0.1) is 47.3 Å². The average molecular weight is 796 g/mol.